The number of hydrogen-bond donors (Lipinski definition) is 4. The predicted molar refractivity (Wildman–Crippen MR) is 75.3 cm³/mol. The molecule has 4 N–H and O–H groups in total. The summed E-state index contributed by atoms with van der Waals surface area (Å²) in [6.07, 6.45) is -4.23. The first-order valence-electron chi connectivity index (χ1n) is 6.78. The summed E-state index contributed by atoms with van der Waals surface area (Å²) in [5.41, 5.74) is 0. The first-order chi connectivity index (χ1) is 9.86. The highest BCUT2D eigenvalue weighted by molar-refractivity contribution is 7.80. The third-order valence-corrected chi connectivity index (χ3v) is 3.62. The molecule has 2 unspecified atom stereocenters. The Morgan fingerprint density at radius 3 is 2.00 bits per heavy atom. The fourth-order valence-corrected chi connectivity index (χ4v) is 2.24. The molecule has 0 fully saturated rings. The fraction of sp³-hybridized carbons (Fsp3) is 0.917. The van der Waals surface area contributed by atoms with Crippen LogP contribution in [-0.2, 0) is 19.4 Å². The van der Waals surface area contributed by atoms with Crippen molar-refractivity contribution in [1.82, 2.24) is 5.32 Å². The molecule has 0 aliphatic carbocycles. The van der Waals surface area contributed by atoms with Crippen LogP contribution in [-0.4, -0.2) is 65.2 Å². The lowest BCUT2D eigenvalue weighted by Crippen LogP contribution is -2.57. The molecule has 22 heavy (non-hydrogen) atoms. The molecule has 10 heteroatoms. The Morgan fingerprint density at radius 1 is 1.14 bits per heavy atom. The summed E-state index contributed by atoms with van der Waals surface area (Å²) in [6, 6.07) is -1.15. The van der Waals surface area contributed by atoms with E-state index in [4.69, 9.17) is 0 Å². The van der Waals surface area contributed by atoms with Gasteiger partial charge >= 0.3 is 0 Å². The Labute approximate surface area is 130 Å². The van der Waals surface area contributed by atoms with E-state index in [1.54, 1.807) is 13.8 Å². The summed E-state index contributed by atoms with van der Waals surface area (Å²) in [7, 11) is -4.91. The Bertz CT molecular complexity index is 452. The van der Waals surface area contributed by atoms with Crippen molar-refractivity contribution in [2.24, 2.45) is 11.8 Å². The molecule has 0 saturated heterocycles. The minimum absolute atomic E-state index is 0.313. The molecule has 0 bridgehead atoms. The van der Waals surface area contributed by atoms with E-state index in [2.05, 4.69) is 9.50 Å². The highest BCUT2D eigenvalue weighted by Crippen LogP contribution is 2.17. The van der Waals surface area contributed by atoms with Crippen LogP contribution in [0.2, 0.25) is 0 Å². The largest absolute Gasteiger partial charge is 0.726 e. The van der Waals surface area contributed by atoms with E-state index < -0.39 is 53.2 Å². The molecular formula is C12H24NO8S-. The third-order valence-electron chi connectivity index (χ3n) is 3.20. The molecule has 0 radical (unpaired) electrons. The van der Waals surface area contributed by atoms with E-state index in [0.717, 1.165) is 0 Å². The van der Waals surface area contributed by atoms with Crippen molar-refractivity contribution in [3.8, 4) is 0 Å². The van der Waals surface area contributed by atoms with E-state index in [0.29, 0.717) is 0 Å². The number of aliphatic hydroxyl groups excluding tert-OH is 3. The van der Waals surface area contributed by atoms with Gasteiger partial charge in [-0.05, 0) is 5.92 Å². The van der Waals surface area contributed by atoms with E-state index in [9.17, 15) is 33.1 Å². The number of rotatable bonds is 9. The van der Waals surface area contributed by atoms with Crippen LogP contribution in [0.1, 0.15) is 27.7 Å². The van der Waals surface area contributed by atoms with Crippen LogP contribution in [0.25, 0.3) is 0 Å². The van der Waals surface area contributed by atoms with Gasteiger partial charge in [0.1, 0.15) is 6.10 Å². The molecule has 0 rings (SSSR count). The van der Waals surface area contributed by atoms with Crippen molar-refractivity contribution in [2.75, 3.05) is 6.61 Å². The van der Waals surface area contributed by atoms with Gasteiger partial charge in [-0.3, -0.25) is 8.98 Å². The molecule has 0 saturated carbocycles. The Morgan fingerprint density at radius 2 is 1.64 bits per heavy atom. The lowest BCUT2D eigenvalue weighted by atomic mass is 9.88. The predicted octanol–water partition coefficient (Wildman–Crippen LogP) is -1.66. The summed E-state index contributed by atoms with van der Waals surface area (Å²) >= 11 is 0. The number of amides is 1. The summed E-state index contributed by atoms with van der Waals surface area (Å²) < 4.78 is 35.2. The smallest absolute Gasteiger partial charge is 0.217 e. The van der Waals surface area contributed by atoms with Gasteiger partial charge in [-0.1, -0.05) is 20.8 Å². The maximum Gasteiger partial charge on any atom is 0.217 e. The monoisotopic (exact) mass is 342 g/mol. The van der Waals surface area contributed by atoms with Gasteiger partial charge in [0.05, 0.1) is 24.9 Å². The van der Waals surface area contributed by atoms with E-state index >= 15 is 0 Å². The van der Waals surface area contributed by atoms with Crippen molar-refractivity contribution < 1.29 is 37.3 Å². The maximum atomic E-state index is 11.2. The van der Waals surface area contributed by atoms with Gasteiger partial charge in [0, 0.05) is 12.8 Å². The quantitative estimate of drug-likeness (QED) is 0.286. The summed E-state index contributed by atoms with van der Waals surface area (Å²) in [4.78, 5) is 11.2. The topological polar surface area (TPSA) is 156 Å². The van der Waals surface area contributed by atoms with Gasteiger partial charge in [0.15, 0.2) is 0 Å². The zero-order chi connectivity index (χ0) is 17.7. The van der Waals surface area contributed by atoms with Gasteiger partial charge in [-0.2, -0.15) is 0 Å². The number of aliphatic hydroxyl groups is 3. The van der Waals surface area contributed by atoms with Crippen LogP contribution in [0.15, 0.2) is 0 Å². The average molecular weight is 342 g/mol. The van der Waals surface area contributed by atoms with Crippen molar-refractivity contribution in [3.63, 3.8) is 0 Å². The van der Waals surface area contributed by atoms with E-state index in [1.807, 2.05) is 0 Å². The summed E-state index contributed by atoms with van der Waals surface area (Å²) in [6.45, 7) is 5.24. The number of carbonyl (C=O) groups excluding carboxylic acids is 1. The second-order valence-electron chi connectivity index (χ2n) is 5.61. The fourth-order valence-electron chi connectivity index (χ4n) is 1.86. The van der Waals surface area contributed by atoms with Crippen LogP contribution in [0.3, 0.4) is 0 Å². The van der Waals surface area contributed by atoms with Crippen molar-refractivity contribution in [3.05, 3.63) is 0 Å². The first-order valence-corrected chi connectivity index (χ1v) is 8.11. The minimum atomic E-state index is -4.91. The van der Waals surface area contributed by atoms with Crippen molar-refractivity contribution in [2.45, 2.75) is 52.0 Å². The Balaban J connectivity index is 4.95. The lowest BCUT2D eigenvalue weighted by molar-refractivity contribution is -0.125. The minimum Gasteiger partial charge on any atom is -0.726 e. The summed E-state index contributed by atoms with van der Waals surface area (Å²) in [5, 5.41) is 32.5. The second-order valence-corrected chi connectivity index (χ2v) is 6.66. The van der Waals surface area contributed by atoms with E-state index in [1.165, 1.54) is 13.8 Å². The molecule has 132 valence electrons. The molecule has 0 aromatic heterocycles. The van der Waals surface area contributed by atoms with Crippen LogP contribution in [0.5, 0.6) is 0 Å². The molecule has 9 nitrogen and oxygen atoms in total. The van der Waals surface area contributed by atoms with Gasteiger partial charge in [-0.25, -0.2) is 8.42 Å². The van der Waals surface area contributed by atoms with Gasteiger partial charge in [-0.15, -0.1) is 0 Å². The lowest BCUT2D eigenvalue weighted by Gasteiger charge is -2.34. The van der Waals surface area contributed by atoms with Crippen LogP contribution in [0, 0.1) is 11.8 Å². The highest BCUT2D eigenvalue weighted by Gasteiger charge is 2.36. The molecule has 0 aliphatic rings. The zero-order valence-corrected chi connectivity index (χ0v) is 13.8. The first kappa shape index (κ1) is 21.2. The Kier molecular flexibility index (Phi) is 8.44. The molecule has 0 aromatic rings. The molecule has 5 atom stereocenters. The van der Waals surface area contributed by atoms with E-state index in [-0.39, 0.29) is 5.92 Å². The second kappa shape index (κ2) is 8.75. The standard InChI is InChI=1S/C12H25NO8S/c1-6(2)10(15)9(13-8(4)14)12(17)11(16)7(3)5-21-22(18,19)20/h6-7,9-12,15-17H,5H2,1-4H3,(H,13,14)(H,18,19,20)/p-1/t7?,9?,10-,11-,12+/m1/s1. The molecule has 0 heterocycles. The van der Waals surface area contributed by atoms with Crippen LogP contribution >= 0.6 is 0 Å². The van der Waals surface area contributed by atoms with Crippen LogP contribution < -0.4 is 5.32 Å². The Hall–Kier alpha value is -0.780. The van der Waals surface area contributed by atoms with Gasteiger partial charge in [0.2, 0.25) is 16.3 Å². The molecular weight excluding hydrogens is 318 g/mol. The zero-order valence-electron chi connectivity index (χ0n) is 13.0. The maximum absolute atomic E-state index is 11.2. The summed E-state index contributed by atoms with van der Waals surface area (Å²) in [5.74, 6) is -1.75. The molecule has 1 amide bonds. The van der Waals surface area contributed by atoms with Crippen molar-refractivity contribution >= 4 is 16.3 Å². The molecule has 0 aliphatic heterocycles. The number of hydrogen-bond acceptors (Lipinski definition) is 8. The normalized spacial score (nSPS) is 19.3. The van der Waals surface area contributed by atoms with Crippen LogP contribution in [0.4, 0.5) is 0 Å². The third kappa shape index (κ3) is 7.47. The number of carbonyl (C=O) groups is 1. The van der Waals surface area contributed by atoms with Crippen molar-refractivity contribution in [1.29, 1.82) is 0 Å². The molecule has 0 spiro atoms. The highest BCUT2D eigenvalue weighted by atomic mass is 32.3. The number of nitrogens with one attached hydrogen (secondary N) is 1. The van der Waals surface area contributed by atoms with Gasteiger partial charge in [0.25, 0.3) is 0 Å². The SMILES string of the molecule is CC(=O)NC([C@H](O)C(C)C)[C@H](O)[C@H](O)C(C)COS(=O)(=O)[O-]. The average Bonchev–Trinajstić information content (AvgIpc) is 2.38. The molecule has 0 aromatic carbocycles. The van der Waals surface area contributed by atoms with Gasteiger partial charge < -0.3 is 25.2 Å².